The minimum Gasteiger partial charge on any atom is -0.449 e. The quantitative estimate of drug-likeness (QED) is 0.208. The maximum Gasteiger partial charge on any atom is 0.344 e. The van der Waals surface area contributed by atoms with Gasteiger partial charge in [0.1, 0.15) is 30.5 Å². The number of aliphatic hydroxyl groups excluding tert-OH is 6. The van der Waals surface area contributed by atoms with E-state index in [-0.39, 0.29) is 0 Å². The molecule has 2 aliphatic heterocycles. The fourth-order valence-electron chi connectivity index (χ4n) is 2.31. The number of hydrogen-bond acceptors (Lipinski definition) is 11. The van der Waals surface area contributed by atoms with E-state index >= 15 is 0 Å². The SMILES string of the molecule is O=C1OC([C@@H](O)CO)C(=O)C1OC1O[C@H](CO)[C@@H](O)[C@H](O)[C@H]1O. The number of rotatable bonds is 5. The van der Waals surface area contributed by atoms with Gasteiger partial charge < -0.3 is 44.8 Å². The van der Waals surface area contributed by atoms with Gasteiger partial charge in [-0.15, -0.1) is 0 Å². The topological polar surface area (TPSA) is 183 Å². The molecule has 0 aromatic rings. The summed E-state index contributed by atoms with van der Waals surface area (Å²) in [6.07, 6.45) is -13.2. The van der Waals surface area contributed by atoms with Gasteiger partial charge in [-0.2, -0.15) is 0 Å². The molecule has 0 amide bonds. The molecular weight excluding hydrogens is 320 g/mol. The molecule has 0 aromatic heterocycles. The standard InChI is InChI=1S/C12H18O11/c13-1-3(15)9-8(19)10(11(20)22-9)23-12-7(18)6(17)5(16)4(2-14)21-12/h3-7,9-10,12-18H,1-2H2/t3-,4+,5+,6-,7+,9?,10?,12?/m0/s1. The van der Waals surface area contributed by atoms with Crippen molar-refractivity contribution in [1.29, 1.82) is 0 Å². The van der Waals surface area contributed by atoms with Gasteiger partial charge in [0.05, 0.1) is 13.2 Å². The molecule has 0 aromatic carbocycles. The molecule has 0 aliphatic carbocycles. The summed E-state index contributed by atoms with van der Waals surface area (Å²) in [6, 6.07) is 0. The number of carbonyl (C=O) groups excluding carboxylic acids is 2. The Morgan fingerprint density at radius 1 is 1.09 bits per heavy atom. The molecule has 0 saturated carbocycles. The molecule has 0 bridgehead atoms. The van der Waals surface area contributed by atoms with Crippen molar-refractivity contribution in [2.45, 2.75) is 49.0 Å². The van der Waals surface area contributed by atoms with Crippen molar-refractivity contribution >= 4 is 11.8 Å². The summed E-state index contributed by atoms with van der Waals surface area (Å²) in [5, 5.41) is 56.2. The first-order valence-corrected chi connectivity index (χ1v) is 6.81. The Bertz CT molecular complexity index is 452. The second-order valence-corrected chi connectivity index (χ2v) is 5.22. The second kappa shape index (κ2) is 7.15. The van der Waals surface area contributed by atoms with Crippen molar-refractivity contribution in [2.24, 2.45) is 0 Å². The first kappa shape index (κ1) is 18.2. The number of hydrogen-bond donors (Lipinski definition) is 6. The normalized spacial score (nSPS) is 42.6. The van der Waals surface area contributed by atoms with Crippen LogP contribution in [0.5, 0.6) is 0 Å². The Hall–Kier alpha value is -1.18. The van der Waals surface area contributed by atoms with E-state index in [1.165, 1.54) is 0 Å². The molecule has 132 valence electrons. The minimum absolute atomic E-state index is 0.709. The number of ether oxygens (including phenoxy) is 3. The average Bonchev–Trinajstić information content (AvgIpc) is 2.82. The fourth-order valence-corrected chi connectivity index (χ4v) is 2.31. The second-order valence-electron chi connectivity index (χ2n) is 5.22. The Morgan fingerprint density at radius 3 is 2.30 bits per heavy atom. The lowest BCUT2D eigenvalue weighted by Crippen LogP contribution is -2.60. The molecule has 2 heterocycles. The maximum absolute atomic E-state index is 12.0. The third-order valence-electron chi connectivity index (χ3n) is 3.65. The fraction of sp³-hybridized carbons (Fsp3) is 0.833. The third-order valence-corrected chi connectivity index (χ3v) is 3.65. The average molecular weight is 338 g/mol. The van der Waals surface area contributed by atoms with E-state index in [0.29, 0.717) is 0 Å². The predicted molar refractivity (Wildman–Crippen MR) is 66.6 cm³/mol. The van der Waals surface area contributed by atoms with Crippen molar-refractivity contribution in [3.05, 3.63) is 0 Å². The zero-order valence-electron chi connectivity index (χ0n) is 11.8. The van der Waals surface area contributed by atoms with Gasteiger partial charge in [0.15, 0.2) is 12.4 Å². The summed E-state index contributed by atoms with van der Waals surface area (Å²) in [5.74, 6) is -2.15. The number of aliphatic hydroxyl groups is 6. The molecule has 0 radical (unpaired) electrons. The van der Waals surface area contributed by atoms with Crippen LogP contribution >= 0.6 is 0 Å². The molecule has 11 nitrogen and oxygen atoms in total. The number of carbonyl (C=O) groups is 2. The highest BCUT2D eigenvalue weighted by molar-refractivity contribution is 6.09. The van der Waals surface area contributed by atoms with Crippen LogP contribution in [0, 0.1) is 0 Å². The van der Waals surface area contributed by atoms with Crippen LogP contribution < -0.4 is 0 Å². The van der Waals surface area contributed by atoms with Crippen LogP contribution in [0.4, 0.5) is 0 Å². The van der Waals surface area contributed by atoms with Crippen LogP contribution in [-0.2, 0) is 23.8 Å². The van der Waals surface area contributed by atoms with Crippen LogP contribution in [0.2, 0.25) is 0 Å². The molecule has 2 aliphatic rings. The molecule has 2 fully saturated rings. The van der Waals surface area contributed by atoms with E-state index in [1.807, 2.05) is 0 Å². The van der Waals surface area contributed by atoms with Gasteiger partial charge in [-0.05, 0) is 0 Å². The molecular formula is C12H18O11. The van der Waals surface area contributed by atoms with E-state index in [0.717, 1.165) is 0 Å². The summed E-state index contributed by atoms with van der Waals surface area (Å²) in [6.45, 7) is -1.53. The van der Waals surface area contributed by atoms with Gasteiger partial charge in [-0.1, -0.05) is 0 Å². The Balaban J connectivity index is 2.08. The summed E-state index contributed by atoms with van der Waals surface area (Å²) in [5.41, 5.74) is 0. The lowest BCUT2D eigenvalue weighted by Gasteiger charge is -2.39. The number of esters is 1. The molecule has 2 rings (SSSR count). The summed E-state index contributed by atoms with van der Waals surface area (Å²) in [7, 11) is 0. The van der Waals surface area contributed by atoms with E-state index in [1.54, 1.807) is 0 Å². The number of cyclic esters (lactones) is 1. The van der Waals surface area contributed by atoms with Crippen molar-refractivity contribution in [3.63, 3.8) is 0 Å². The molecule has 23 heavy (non-hydrogen) atoms. The number of Topliss-reactive ketones (excluding diaryl/α,β-unsaturated/α-hetero) is 1. The van der Waals surface area contributed by atoms with E-state index < -0.39 is 74.0 Å². The van der Waals surface area contributed by atoms with Gasteiger partial charge in [-0.3, -0.25) is 4.79 Å². The molecule has 11 heteroatoms. The summed E-state index contributed by atoms with van der Waals surface area (Å²) in [4.78, 5) is 23.6. The van der Waals surface area contributed by atoms with Gasteiger partial charge in [0.25, 0.3) is 0 Å². The van der Waals surface area contributed by atoms with E-state index in [9.17, 15) is 30.0 Å². The van der Waals surface area contributed by atoms with Gasteiger partial charge in [0, 0.05) is 0 Å². The zero-order valence-corrected chi connectivity index (χ0v) is 11.8. The first-order valence-electron chi connectivity index (χ1n) is 6.81. The van der Waals surface area contributed by atoms with Crippen LogP contribution in [0.1, 0.15) is 0 Å². The smallest absolute Gasteiger partial charge is 0.344 e. The molecule has 6 N–H and O–H groups in total. The maximum atomic E-state index is 12.0. The largest absolute Gasteiger partial charge is 0.449 e. The Morgan fingerprint density at radius 2 is 1.74 bits per heavy atom. The van der Waals surface area contributed by atoms with Crippen molar-refractivity contribution in [1.82, 2.24) is 0 Å². The highest BCUT2D eigenvalue weighted by atomic mass is 16.7. The molecule has 3 unspecified atom stereocenters. The van der Waals surface area contributed by atoms with E-state index in [4.69, 9.17) is 19.7 Å². The monoisotopic (exact) mass is 338 g/mol. The molecule has 0 spiro atoms. The van der Waals surface area contributed by atoms with Gasteiger partial charge in [0.2, 0.25) is 11.9 Å². The Labute approximate surface area is 129 Å². The van der Waals surface area contributed by atoms with Crippen LogP contribution in [0.15, 0.2) is 0 Å². The lowest BCUT2D eigenvalue weighted by atomic mass is 9.99. The highest BCUT2D eigenvalue weighted by Crippen LogP contribution is 2.26. The van der Waals surface area contributed by atoms with Crippen molar-refractivity contribution < 1.29 is 54.4 Å². The van der Waals surface area contributed by atoms with Crippen LogP contribution in [0.25, 0.3) is 0 Å². The van der Waals surface area contributed by atoms with Gasteiger partial charge >= 0.3 is 5.97 Å². The Kier molecular flexibility index (Phi) is 5.65. The summed E-state index contributed by atoms with van der Waals surface area (Å²) >= 11 is 0. The first-order chi connectivity index (χ1) is 10.8. The zero-order chi connectivity index (χ0) is 17.3. The van der Waals surface area contributed by atoms with E-state index in [2.05, 4.69) is 4.74 Å². The third kappa shape index (κ3) is 3.36. The lowest BCUT2D eigenvalue weighted by molar-refractivity contribution is -0.305. The summed E-state index contributed by atoms with van der Waals surface area (Å²) < 4.78 is 14.6. The molecule has 2 saturated heterocycles. The highest BCUT2D eigenvalue weighted by Gasteiger charge is 2.52. The van der Waals surface area contributed by atoms with Gasteiger partial charge in [-0.25, -0.2) is 4.79 Å². The van der Waals surface area contributed by atoms with Crippen LogP contribution in [0.3, 0.4) is 0 Å². The van der Waals surface area contributed by atoms with Crippen LogP contribution in [-0.4, -0.2) is 105 Å². The molecule has 8 atom stereocenters. The predicted octanol–water partition coefficient (Wildman–Crippen LogP) is -4.98. The van der Waals surface area contributed by atoms with Crippen molar-refractivity contribution in [2.75, 3.05) is 13.2 Å². The van der Waals surface area contributed by atoms with Crippen molar-refractivity contribution in [3.8, 4) is 0 Å². The minimum atomic E-state index is -1.84. The number of ketones is 1.